The Balaban J connectivity index is 1.58. The summed E-state index contributed by atoms with van der Waals surface area (Å²) in [4.78, 5) is 12.9. The van der Waals surface area contributed by atoms with Gasteiger partial charge in [0.05, 0.1) is 0 Å². The van der Waals surface area contributed by atoms with Crippen LogP contribution in [0.3, 0.4) is 0 Å². The first-order valence-corrected chi connectivity index (χ1v) is 13.4. The highest BCUT2D eigenvalue weighted by atomic mass is 32.2. The SMILES string of the molecule is C[C@]12CC[C@@H]3c4ccc(OS(=O)(=O)C(F)(F)F)cc4CC[C@H]3[C@@H]1C[C@@H](OS(=O)(=O)C(F)(F)F)C2=O. The van der Waals surface area contributed by atoms with E-state index in [4.69, 9.17) is 0 Å². The second-order valence-corrected chi connectivity index (χ2v) is 12.4. The number of Topliss-reactive ketones (excluding diaryl/α,β-unsaturated/α-hetero) is 1. The van der Waals surface area contributed by atoms with Crippen molar-refractivity contribution in [3.05, 3.63) is 29.3 Å². The molecule has 7 nitrogen and oxygen atoms in total. The summed E-state index contributed by atoms with van der Waals surface area (Å²) in [7, 11) is -11.8. The molecule has 196 valence electrons. The lowest BCUT2D eigenvalue weighted by atomic mass is 9.55. The maximum Gasteiger partial charge on any atom is 0.534 e. The van der Waals surface area contributed by atoms with E-state index < -0.39 is 60.2 Å². The predicted molar refractivity (Wildman–Crippen MR) is 107 cm³/mol. The molecule has 3 aliphatic rings. The number of alkyl halides is 6. The molecule has 0 amide bonds. The van der Waals surface area contributed by atoms with E-state index in [1.54, 1.807) is 6.92 Å². The van der Waals surface area contributed by atoms with Crippen LogP contribution in [0.1, 0.15) is 49.7 Å². The van der Waals surface area contributed by atoms with Crippen LogP contribution in [0.4, 0.5) is 26.3 Å². The third kappa shape index (κ3) is 4.32. The number of fused-ring (bicyclic) bond motifs is 5. The minimum absolute atomic E-state index is 0.198. The summed E-state index contributed by atoms with van der Waals surface area (Å²) in [6, 6.07) is 3.76. The molecule has 1 aromatic rings. The molecule has 4 rings (SSSR count). The first-order chi connectivity index (χ1) is 15.9. The average molecular weight is 550 g/mol. The molecule has 0 aliphatic heterocycles. The van der Waals surface area contributed by atoms with Gasteiger partial charge in [0.15, 0.2) is 5.78 Å². The Kier molecular flexibility index (Phi) is 6.04. The summed E-state index contributed by atoms with van der Waals surface area (Å²) < 4.78 is 130. The number of halogens is 6. The van der Waals surface area contributed by atoms with Crippen molar-refractivity contribution in [1.82, 2.24) is 0 Å². The number of carbonyl (C=O) groups excluding carboxylic acids is 1. The monoisotopic (exact) mass is 550 g/mol. The minimum atomic E-state index is -5.96. The van der Waals surface area contributed by atoms with Gasteiger partial charge in [-0.3, -0.25) is 8.98 Å². The van der Waals surface area contributed by atoms with Crippen molar-refractivity contribution in [2.24, 2.45) is 17.3 Å². The zero-order valence-corrected chi connectivity index (χ0v) is 19.7. The Morgan fingerprint density at radius 3 is 2.20 bits per heavy atom. The fourth-order valence-corrected chi connectivity index (χ4v) is 6.87. The van der Waals surface area contributed by atoms with Crippen LogP contribution >= 0.6 is 0 Å². The minimum Gasteiger partial charge on any atom is -0.376 e. The fraction of sp³-hybridized carbons (Fsp3) is 0.650. The zero-order chi connectivity index (χ0) is 26.2. The summed E-state index contributed by atoms with van der Waals surface area (Å²) in [5, 5.41) is 0. The van der Waals surface area contributed by atoms with E-state index in [0.29, 0.717) is 24.8 Å². The van der Waals surface area contributed by atoms with E-state index in [9.17, 15) is 48.0 Å². The van der Waals surface area contributed by atoms with Gasteiger partial charge >= 0.3 is 31.3 Å². The van der Waals surface area contributed by atoms with Gasteiger partial charge in [-0.05, 0) is 73.1 Å². The molecule has 0 radical (unpaired) electrons. The molecule has 0 aromatic heterocycles. The van der Waals surface area contributed by atoms with Gasteiger partial charge in [-0.25, -0.2) is 0 Å². The Bertz CT molecular complexity index is 1260. The Labute approximate surface area is 197 Å². The highest BCUT2D eigenvalue weighted by molar-refractivity contribution is 7.88. The third-order valence-corrected chi connectivity index (χ3v) is 9.46. The highest BCUT2D eigenvalue weighted by Gasteiger charge is 2.61. The molecule has 35 heavy (non-hydrogen) atoms. The zero-order valence-electron chi connectivity index (χ0n) is 18.0. The molecule has 0 unspecified atom stereocenters. The number of hydrogen-bond donors (Lipinski definition) is 0. The number of aryl methyl sites for hydroxylation is 1. The molecular weight excluding hydrogens is 530 g/mol. The molecule has 0 spiro atoms. The predicted octanol–water partition coefficient (Wildman–Crippen LogP) is 4.18. The second kappa shape index (κ2) is 8.07. The smallest absolute Gasteiger partial charge is 0.376 e. The third-order valence-electron chi connectivity index (χ3n) is 7.43. The van der Waals surface area contributed by atoms with Crippen molar-refractivity contribution in [3.63, 3.8) is 0 Å². The molecule has 15 heteroatoms. The molecule has 5 atom stereocenters. The van der Waals surface area contributed by atoms with Crippen molar-refractivity contribution in [3.8, 4) is 5.75 Å². The highest BCUT2D eigenvalue weighted by Crippen LogP contribution is 2.60. The first kappa shape index (κ1) is 26.2. The van der Waals surface area contributed by atoms with Crippen LogP contribution in [0.5, 0.6) is 5.75 Å². The fourth-order valence-electron chi connectivity index (χ4n) is 5.84. The second-order valence-electron chi connectivity index (χ2n) is 9.30. The number of carbonyl (C=O) groups is 1. The summed E-state index contributed by atoms with van der Waals surface area (Å²) in [5.41, 5.74) is -11.0. The Morgan fingerprint density at radius 1 is 0.971 bits per heavy atom. The van der Waals surface area contributed by atoms with Gasteiger partial charge in [-0.15, -0.1) is 0 Å². The van der Waals surface area contributed by atoms with Crippen LogP contribution in [0, 0.1) is 17.3 Å². The summed E-state index contributed by atoms with van der Waals surface area (Å²) >= 11 is 0. The van der Waals surface area contributed by atoms with E-state index in [1.165, 1.54) is 12.1 Å². The summed E-state index contributed by atoms with van der Waals surface area (Å²) in [6.07, 6.45) is -0.557. The number of ketones is 1. The van der Waals surface area contributed by atoms with E-state index >= 15 is 0 Å². The number of rotatable bonds is 4. The molecule has 2 fully saturated rings. The lowest BCUT2D eigenvalue weighted by molar-refractivity contribution is -0.134. The van der Waals surface area contributed by atoms with Gasteiger partial charge in [-0.1, -0.05) is 13.0 Å². The lowest BCUT2D eigenvalue weighted by Crippen LogP contribution is -2.43. The molecular formula is C20H20F6O7S2. The van der Waals surface area contributed by atoms with E-state index in [1.807, 2.05) is 0 Å². The maximum atomic E-state index is 12.9. The van der Waals surface area contributed by atoms with Gasteiger partial charge in [0.25, 0.3) is 0 Å². The molecule has 2 saturated carbocycles. The molecule has 0 saturated heterocycles. The topological polar surface area (TPSA) is 104 Å². The van der Waals surface area contributed by atoms with E-state index in [-0.39, 0.29) is 24.7 Å². The van der Waals surface area contributed by atoms with Crippen LogP contribution in [0.2, 0.25) is 0 Å². The Morgan fingerprint density at radius 2 is 1.60 bits per heavy atom. The van der Waals surface area contributed by atoms with Gasteiger partial charge in [0.2, 0.25) is 0 Å². The molecule has 3 aliphatic carbocycles. The largest absolute Gasteiger partial charge is 0.534 e. The van der Waals surface area contributed by atoms with Crippen molar-refractivity contribution in [2.45, 2.75) is 62.1 Å². The van der Waals surface area contributed by atoms with Crippen molar-refractivity contribution in [2.75, 3.05) is 0 Å². The maximum absolute atomic E-state index is 12.9. The van der Waals surface area contributed by atoms with Crippen molar-refractivity contribution < 1.29 is 56.3 Å². The molecule has 0 N–H and O–H groups in total. The molecule has 1 aromatic carbocycles. The standard InChI is InChI=1S/C20H20F6O7S2/c1-18-7-6-13-12-5-3-11(32-34(28,29)19(21,22)23)8-10(12)2-4-14(13)15(18)9-16(17(18)27)33-35(30,31)20(24,25)26/h3,5,8,13-16H,2,4,6-7,9H2,1H3/t13-,14-,15+,16-,18+/m1/s1. The summed E-state index contributed by atoms with van der Waals surface area (Å²) in [6.45, 7) is 1.59. The number of benzene rings is 1. The van der Waals surface area contributed by atoms with Crippen LogP contribution in [0.25, 0.3) is 0 Å². The van der Waals surface area contributed by atoms with Crippen LogP contribution < -0.4 is 4.18 Å². The van der Waals surface area contributed by atoms with Crippen LogP contribution in [-0.4, -0.2) is 39.7 Å². The van der Waals surface area contributed by atoms with Crippen molar-refractivity contribution in [1.29, 1.82) is 0 Å². The van der Waals surface area contributed by atoms with Gasteiger partial charge in [-0.2, -0.15) is 43.2 Å². The first-order valence-electron chi connectivity index (χ1n) is 10.5. The van der Waals surface area contributed by atoms with Crippen molar-refractivity contribution >= 4 is 26.0 Å². The van der Waals surface area contributed by atoms with Gasteiger partial charge in [0, 0.05) is 5.41 Å². The normalized spacial score (nSPS) is 31.5. The van der Waals surface area contributed by atoms with Crippen LogP contribution in [0.15, 0.2) is 18.2 Å². The van der Waals surface area contributed by atoms with E-state index in [0.717, 1.165) is 11.6 Å². The van der Waals surface area contributed by atoms with Gasteiger partial charge in [0.1, 0.15) is 11.9 Å². The molecule has 0 heterocycles. The van der Waals surface area contributed by atoms with Gasteiger partial charge < -0.3 is 4.18 Å². The summed E-state index contributed by atoms with van der Waals surface area (Å²) in [5.74, 6) is -2.06. The average Bonchev–Trinajstić information content (AvgIpc) is 2.96. The molecule has 0 bridgehead atoms. The van der Waals surface area contributed by atoms with Crippen LogP contribution in [-0.2, 0) is 35.6 Å². The van der Waals surface area contributed by atoms with E-state index in [2.05, 4.69) is 8.37 Å². The number of hydrogen-bond acceptors (Lipinski definition) is 7. The lowest BCUT2D eigenvalue weighted by Gasteiger charge is -2.48. The quantitative estimate of drug-likeness (QED) is 0.315. The Hall–Kier alpha value is -1.87.